The van der Waals surface area contributed by atoms with Crippen LogP contribution in [0, 0.1) is 0 Å². The van der Waals surface area contributed by atoms with Crippen molar-refractivity contribution in [2.24, 2.45) is 0 Å². The Morgan fingerprint density at radius 3 is 2.14 bits per heavy atom. The number of rotatable bonds is 3. The van der Waals surface area contributed by atoms with Gasteiger partial charge in [0.2, 0.25) is 5.91 Å². The molecule has 0 saturated carbocycles. The zero-order valence-electron chi connectivity index (χ0n) is 13.2. The van der Waals surface area contributed by atoms with Crippen LogP contribution in [0.15, 0.2) is 0 Å². The molecule has 2 heterocycles. The van der Waals surface area contributed by atoms with E-state index < -0.39 is 18.2 Å². The number of nitrogens with one attached hydrogen (secondary N) is 1. The first kappa shape index (κ1) is 17.5. The molecular formula is C14H25F3N4O. The molecule has 0 bridgehead atoms. The quantitative estimate of drug-likeness (QED) is 0.778. The van der Waals surface area contributed by atoms with Crippen LogP contribution in [0.5, 0.6) is 0 Å². The number of hydrogen-bond acceptors (Lipinski definition) is 4. The summed E-state index contributed by atoms with van der Waals surface area (Å²) in [6, 6.07) is -0.686. The van der Waals surface area contributed by atoms with E-state index in [1.165, 1.54) is 17.1 Å². The van der Waals surface area contributed by atoms with Crippen molar-refractivity contribution in [1.82, 2.24) is 20.0 Å². The minimum absolute atomic E-state index is 0.472. The standard InChI is InChI=1S/C14H25F3N4O/c1-11(18-14(15,16)17)13(22)21-9-7-20(8-10-21)12-3-5-19(2)6-4-12/h11-12,18H,3-10H2,1-2H3/t11-/m0/s1. The summed E-state index contributed by atoms with van der Waals surface area (Å²) >= 11 is 0. The van der Waals surface area contributed by atoms with Crippen molar-refractivity contribution < 1.29 is 18.0 Å². The minimum Gasteiger partial charge on any atom is -0.339 e. The molecule has 22 heavy (non-hydrogen) atoms. The van der Waals surface area contributed by atoms with Gasteiger partial charge in [0.05, 0.1) is 6.04 Å². The molecule has 2 rings (SSSR count). The van der Waals surface area contributed by atoms with Gasteiger partial charge in [-0.2, -0.15) is 13.2 Å². The average molecular weight is 322 g/mol. The zero-order chi connectivity index (χ0) is 16.3. The van der Waals surface area contributed by atoms with Crippen LogP contribution >= 0.6 is 0 Å². The van der Waals surface area contributed by atoms with Crippen LogP contribution in [0.3, 0.4) is 0 Å². The molecule has 5 nitrogen and oxygen atoms in total. The summed E-state index contributed by atoms with van der Waals surface area (Å²) in [5.41, 5.74) is 0. The van der Waals surface area contributed by atoms with Gasteiger partial charge in [-0.1, -0.05) is 0 Å². The lowest BCUT2D eigenvalue weighted by molar-refractivity contribution is -0.171. The lowest BCUT2D eigenvalue weighted by atomic mass is 10.0. The molecule has 0 aromatic rings. The number of carbonyl (C=O) groups excluding carboxylic acids is 1. The van der Waals surface area contributed by atoms with E-state index >= 15 is 0 Å². The van der Waals surface area contributed by atoms with Gasteiger partial charge in [-0.3, -0.25) is 9.69 Å². The molecule has 2 fully saturated rings. The Morgan fingerprint density at radius 2 is 1.64 bits per heavy atom. The van der Waals surface area contributed by atoms with Crippen molar-refractivity contribution in [2.45, 2.75) is 38.1 Å². The van der Waals surface area contributed by atoms with E-state index in [1.54, 1.807) is 0 Å². The second-order valence-corrected chi connectivity index (χ2v) is 6.26. The highest BCUT2D eigenvalue weighted by Crippen LogP contribution is 2.18. The Labute approximate surface area is 129 Å². The third kappa shape index (κ3) is 4.82. The molecule has 1 atom stereocenters. The fraction of sp³-hybridized carbons (Fsp3) is 0.929. The number of halogens is 3. The predicted octanol–water partition coefficient (Wildman–Crippen LogP) is 0.723. The fourth-order valence-corrected chi connectivity index (χ4v) is 3.25. The van der Waals surface area contributed by atoms with Crippen molar-refractivity contribution in [3.8, 4) is 0 Å². The van der Waals surface area contributed by atoms with Gasteiger partial charge in [0, 0.05) is 32.2 Å². The third-order valence-corrected chi connectivity index (χ3v) is 4.58. The highest BCUT2D eigenvalue weighted by atomic mass is 19.4. The number of likely N-dealkylation sites (tertiary alicyclic amines) is 1. The Balaban J connectivity index is 1.78. The minimum atomic E-state index is -4.52. The van der Waals surface area contributed by atoms with Crippen molar-refractivity contribution in [1.29, 1.82) is 0 Å². The van der Waals surface area contributed by atoms with Gasteiger partial charge in [0.15, 0.2) is 0 Å². The van der Waals surface area contributed by atoms with E-state index in [1.807, 2.05) is 0 Å². The van der Waals surface area contributed by atoms with Crippen LogP contribution in [-0.2, 0) is 4.79 Å². The molecule has 2 aliphatic heterocycles. The van der Waals surface area contributed by atoms with E-state index in [-0.39, 0.29) is 0 Å². The maximum absolute atomic E-state index is 12.3. The monoisotopic (exact) mass is 322 g/mol. The smallest absolute Gasteiger partial charge is 0.339 e. The van der Waals surface area contributed by atoms with Gasteiger partial charge < -0.3 is 9.80 Å². The number of piperazine rings is 1. The highest BCUT2D eigenvalue weighted by Gasteiger charge is 2.35. The van der Waals surface area contributed by atoms with Crippen molar-refractivity contribution in [3.05, 3.63) is 0 Å². The first-order valence-electron chi connectivity index (χ1n) is 7.82. The second-order valence-electron chi connectivity index (χ2n) is 6.26. The number of hydrogen-bond donors (Lipinski definition) is 1. The molecule has 0 aliphatic carbocycles. The van der Waals surface area contributed by atoms with Crippen LogP contribution in [0.4, 0.5) is 13.2 Å². The molecular weight excluding hydrogens is 297 g/mol. The van der Waals surface area contributed by atoms with Gasteiger partial charge in [0.25, 0.3) is 0 Å². The van der Waals surface area contributed by atoms with E-state index in [0.29, 0.717) is 19.1 Å². The Hall–Kier alpha value is -0.860. The Bertz CT molecular complexity index is 375. The van der Waals surface area contributed by atoms with Gasteiger partial charge in [-0.15, -0.1) is 0 Å². The third-order valence-electron chi connectivity index (χ3n) is 4.58. The van der Waals surface area contributed by atoms with Gasteiger partial charge in [-0.25, -0.2) is 5.32 Å². The molecule has 1 amide bonds. The number of piperidine rings is 1. The summed E-state index contributed by atoms with van der Waals surface area (Å²) in [6.45, 7) is 5.94. The number of nitrogens with zero attached hydrogens (tertiary/aromatic N) is 3. The molecule has 0 spiro atoms. The van der Waals surface area contributed by atoms with Crippen LogP contribution in [0.1, 0.15) is 19.8 Å². The molecule has 1 N–H and O–H groups in total. The van der Waals surface area contributed by atoms with E-state index in [9.17, 15) is 18.0 Å². The Kier molecular flexibility index (Phi) is 5.68. The maximum Gasteiger partial charge on any atom is 0.457 e. The molecule has 128 valence electrons. The normalized spacial score (nSPS) is 24.5. The van der Waals surface area contributed by atoms with Crippen LogP contribution in [0.25, 0.3) is 0 Å². The summed E-state index contributed by atoms with van der Waals surface area (Å²) in [5.74, 6) is -0.472. The van der Waals surface area contributed by atoms with Crippen LogP contribution < -0.4 is 5.32 Å². The summed E-state index contributed by atoms with van der Waals surface area (Å²) in [7, 11) is 2.11. The predicted molar refractivity (Wildman–Crippen MR) is 77.3 cm³/mol. The molecule has 2 aliphatic rings. The number of alkyl halides is 3. The van der Waals surface area contributed by atoms with Crippen LogP contribution in [-0.4, -0.2) is 85.3 Å². The average Bonchev–Trinajstić information content (AvgIpc) is 2.46. The van der Waals surface area contributed by atoms with Crippen molar-refractivity contribution >= 4 is 5.91 Å². The van der Waals surface area contributed by atoms with E-state index in [0.717, 1.165) is 39.0 Å². The van der Waals surface area contributed by atoms with E-state index in [4.69, 9.17) is 0 Å². The maximum atomic E-state index is 12.3. The summed E-state index contributed by atoms with van der Waals surface area (Å²) in [4.78, 5) is 18.3. The van der Waals surface area contributed by atoms with Crippen LogP contribution in [0.2, 0.25) is 0 Å². The summed E-state index contributed by atoms with van der Waals surface area (Å²) < 4.78 is 36.8. The first-order chi connectivity index (χ1) is 10.3. The topological polar surface area (TPSA) is 38.8 Å². The number of amides is 1. The van der Waals surface area contributed by atoms with Gasteiger partial charge >= 0.3 is 6.30 Å². The van der Waals surface area contributed by atoms with Crippen molar-refractivity contribution in [2.75, 3.05) is 46.3 Å². The van der Waals surface area contributed by atoms with Gasteiger partial charge in [0.1, 0.15) is 0 Å². The molecule has 0 aromatic heterocycles. The molecule has 8 heteroatoms. The van der Waals surface area contributed by atoms with Gasteiger partial charge in [-0.05, 0) is 39.9 Å². The van der Waals surface area contributed by atoms with Crippen molar-refractivity contribution in [3.63, 3.8) is 0 Å². The molecule has 0 unspecified atom stereocenters. The number of carbonyl (C=O) groups is 1. The Morgan fingerprint density at radius 1 is 1.09 bits per heavy atom. The fourth-order valence-electron chi connectivity index (χ4n) is 3.25. The second kappa shape index (κ2) is 7.14. The van der Waals surface area contributed by atoms with E-state index in [2.05, 4.69) is 16.8 Å². The lowest BCUT2D eigenvalue weighted by Gasteiger charge is -2.42. The molecule has 0 radical (unpaired) electrons. The lowest BCUT2D eigenvalue weighted by Crippen LogP contribution is -2.57. The first-order valence-corrected chi connectivity index (χ1v) is 7.82. The summed E-state index contributed by atoms with van der Waals surface area (Å²) in [5, 5.41) is 1.39. The summed E-state index contributed by atoms with van der Waals surface area (Å²) in [6.07, 6.45) is -2.28. The largest absolute Gasteiger partial charge is 0.457 e. The highest BCUT2D eigenvalue weighted by molar-refractivity contribution is 5.81. The zero-order valence-corrected chi connectivity index (χ0v) is 13.2. The SMILES string of the molecule is C[C@H](NC(F)(F)F)C(=O)N1CCN(C2CCN(C)CC2)CC1. The molecule has 0 aromatic carbocycles. The molecule has 2 saturated heterocycles.